The molecule has 0 saturated carbocycles. The van der Waals surface area contributed by atoms with Crippen molar-refractivity contribution < 1.29 is 22.6 Å². The zero-order valence-corrected chi connectivity index (χ0v) is 14.0. The van der Waals surface area contributed by atoms with E-state index in [1.165, 1.54) is 14.2 Å². The Morgan fingerprint density at radius 1 is 1.17 bits per heavy atom. The second-order valence-electron chi connectivity index (χ2n) is 5.23. The van der Waals surface area contributed by atoms with Crippen molar-refractivity contribution in [1.29, 1.82) is 0 Å². The molecule has 0 spiro atoms. The first-order valence-corrected chi connectivity index (χ1v) is 7.18. The molecule has 0 aliphatic carbocycles. The normalized spacial score (nSPS) is 17.3. The summed E-state index contributed by atoms with van der Waals surface area (Å²) in [6.07, 6.45) is -5.15. The van der Waals surface area contributed by atoms with E-state index in [4.69, 9.17) is 9.47 Å². The molecule has 4 nitrogen and oxygen atoms in total. The second-order valence-corrected chi connectivity index (χ2v) is 5.23. The van der Waals surface area contributed by atoms with Gasteiger partial charge in [0.15, 0.2) is 0 Å². The Balaban J connectivity index is 0.00000264. The Morgan fingerprint density at radius 3 is 2.35 bits per heavy atom. The predicted octanol–water partition coefficient (Wildman–Crippen LogP) is 3.02. The third kappa shape index (κ3) is 5.44. The number of benzene rings is 1. The molecule has 1 aromatic carbocycles. The Labute approximate surface area is 140 Å². The Kier molecular flexibility index (Phi) is 7.44. The Morgan fingerprint density at radius 2 is 1.83 bits per heavy atom. The highest BCUT2D eigenvalue weighted by Crippen LogP contribution is 2.39. The van der Waals surface area contributed by atoms with E-state index in [0.29, 0.717) is 43.2 Å². The van der Waals surface area contributed by atoms with Crippen LogP contribution in [0.25, 0.3) is 0 Å². The molecule has 23 heavy (non-hydrogen) atoms. The summed E-state index contributed by atoms with van der Waals surface area (Å²) in [5.41, 5.74) is 0.515. The van der Waals surface area contributed by atoms with Crippen molar-refractivity contribution in [3.8, 4) is 11.5 Å². The van der Waals surface area contributed by atoms with Crippen LogP contribution in [0.15, 0.2) is 18.2 Å². The summed E-state index contributed by atoms with van der Waals surface area (Å²) >= 11 is 0. The quantitative estimate of drug-likeness (QED) is 0.881. The minimum Gasteiger partial charge on any atom is -0.497 e. The van der Waals surface area contributed by atoms with Crippen LogP contribution in [0.1, 0.15) is 18.0 Å². The summed E-state index contributed by atoms with van der Waals surface area (Å²) in [7, 11) is 2.96. The number of hydrogen-bond acceptors (Lipinski definition) is 4. The molecule has 0 radical (unpaired) electrons. The van der Waals surface area contributed by atoms with Crippen LogP contribution < -0.4 is 14.8 Å². The van der Waals surface area contributed by atoms with Crippen LogP contribution >= 0.6 is 12.4 Å². The standard InChI is InChI=1S/C15H21F3N2O2.ClH/c1-21-11-3-4-14(22-2)12(9-11)13(10-15(16,17)18)20-7-5-19-6-8-20;/h3-4,9,13,19H,5-8,10H2,1-2H3;1H/t13-;/m0./s1. The lowest BCUT2D eigenvalue weighted by molar-refractivity contribution is -0.148. The molecule has 1 N–H and O–H groups in total. The van der Waals surface area contributed by atoms with Gasteiger partial charge in [-0.15, -0.1) is 12.4 Å². The fourth-order valence-corrected chi connectivity index (χ4v) is 2.75. The van der Waals surface area contributed by atoms with Gasteiger partial charge in [0.2, 0.25) is 0 Å². The van der Waals surface area contributed by atoms with E-state index in [1.807, 2.05) is 4.90 Å². The van der Waals surface area contributed by atoms with Gasteiger partial charge in [-0.1, -0.05) is 0 Å². The lowest BCUT2D eigenvalue weighted by Gasteiger charge is -2.36. The summed E-state index contributed by atoms with van der Waals surface area (Å²) in [4.78, 5) is 1.85. The van der Waals surface area contributed by atoms with Crippen molar-refractivity contribution in [1.82, 2.24) is 10.2 Å². The summed E-state index contributed by atoms with van der Waals surface area (Å²) in [5.74, 6) is 0.978. The molecule has 1 atom stereocenters. The SMILES string of the molecule is COc1ccc(OC)c([C@H](CC(F)(F)F)N2CCNCC2)c1.Cl. The van der Waals surface area contributed by atoms with Gasteiger partial charge >= 0.3 is 6.18 Å². The molecular formula is C15H22ClF3N2O2. The van der Waals surface area contributed by atoms with Crippen LogP contribution in [0.2, 0.25) is 0 Å². The molecule has 0 bridgehead atoms. The number of nitrogens with zero attached hydrogens (tertiary/aromatic N) is 1. The summed E-state index contributed by atoms with van der Waals surface area (Å²) < 4.78 is 49.6. The molecule has 1 saturated heterocycles. The third-order valence-corrected chi connectivity index (χ3v) is 3.81. The van der Waals surface area contributed by atoms with Crippen LogP contribution in [0.3, 0.4) is 0 Å². The van der Waals surface area contributed by atoms with Crippen molar-refractivity contribution in [2.45, 2.75) is 18.6 Å². The number of rotatable bonds is 5. The number of ether oxygens (including phenoxy) is 2. The van der Waals surface area contributed by atoms with E-state index < -0.39 is 18.6 Å². The maximum absolute atomic E-state index is 13.1. The topological polar surface area (TPSA) is 33.7 Å². The fourth-order valence-electron chi connectivity index (χ4n) is 2.75. The van der Waals surface area contributed by atoms with Crippen LogP contribution in [0.5, 0.6) is 11.5 Å². The molecule has 2 rings (SSSR count). The zero-order valence-electron chi connectivity index (χ0n) is 13.2. The lowest BCUT2D eigenvalue weighted by atomic mass is 9.99. The van der Waals surface area contributed by atoms with Crippen molar-refractivity contribution in [2.24, 2.45) is 0 Å². The van der Waals surface area contributed by atoms with Gasteiger partial charge in [0.1, 0.15) is 11.5 Å². The molecule has 0 aromatic heterocycles. The molecule has 1 heterocycles. The van der Waals surface area contributed by atoms with Gasteiger partial charge in [-0.05, 0) is 18.2 Å². The van der Waals surface area contributed by atoms with Gasteiger partial charge in [-0.3, -0.25) is 4.90 Å². The summed E-state index contributed by atoms with van der Waals surface area (Å²) in [5, 5.41) is 3.16. The molecule has 1 aromatic rings. The Bertz CT molecular complexity index is 494. The first kappa shape index (κ1) is 19.9. The van der Waals surface area contributed by atoms with E-state index in [9.17, 15) is 13.2 Å². The van der Waals surface area contributed by atoms with E-state index in [0.717, 1.165) is 0 Å². The van der Waals surface area contributed by atoms with Crippen molar-refractivity contribution in [3.05, 3.63) is 23.8 Å². The van der Waals surface area contributed by atoms with Gasteiger partial charge < -0.3 is 14.8 Å². The molecular weight excluding hydrogens is 333 g/mol. The third-order valence-electron chi connectivity index (χ3n) is 3.81. The molecule has 0 amide bonds. The molecule has 1 fully saturated rings. The first-order chi connectivity index (χ1) is 10.4. The largest absolute Gasteiger partial charge is 0.497 e. The van der Waals surface area contributed by atoms with Gasteiger partial charge in [-0.2, -0.15) is 13.2 Å². The minimum absolute atomic E-state index is 0. The fraction of sp³-hybridized carbons (Fsp3) is 0.600. The van der Waals surface area contributed by atoms with Gasteiger partial charge in [0, 0.05) is 37.8 Å². The predicted molar refractivity (Wildman–Crippen MR) is 84.6 cm³/mol. The van der Waals surface area contributed by atoms with Gasteiger partial charge in [-0.25, -0.2) is 0 Å². The monoisotopic (exact) mass is 354 g/mol. The highest BCUT2D eigenvalue weighted by Gasteiger charge is 2.37. The average Bonchev–Trinajstić information content (AvgIpc) is 2.52. The minimum atomic E-state index is -4.25. The van der Waals surface area contributed by atoms with Crippen LogP contribution in [0, 0.1) is 0 Å². The highest BCUT2D eigenvalue weighted by atomic mass is 35.5. The highest BCUT2D eigenvalue weighted by molar-refractivity contribution is 5.85. The molecule has 1 aliphatic rings. The second kappa shape index (κ2) is 8.61. The van der Waals surface area contributed by atoms with Crippen LogP contribution in [0.4, 0.5) is 13.2 Å². The molecule has 132 valence electrons. The van der Waals surface area contributed by atoms with Gasteiger partial charge in [0.25, 0.3) is 0 Å². The van der Waals surface area contributed by atoms with Crippen molar-refractivity contribution in [2.75, 3.05) is 40.4 Å². The van der Waals surface area contributed by atoms with Crippen molar-refractivity contribution >= 4 is 12.4 Å². The smallest absolute Gasteiger partial charge is 0.390 e. The molecule has 1 aliphatic heterocycles. The summed E-state index contributed by atoms with van der Waals surface area (Å²) in [6.45, 7) is 2.50. The molecule has 0 unspecified atom stereocenters. The lowest BCUT2D eigenvalue weighted by Crippen LogP contribution is -2.46. The number of methoxy groups -OCH3 is 2. The van der Waals surface area contributed by atoms with E-state index in [-0.39, 0.29) is 12.4 Å². The maximum atomic E-state index is 13.1. The first-order valence-electron chi connectivity index (χ1n) is 7.18. The maximum Gasteiger partial charge on any atom is 0.390 e. The number of piperazine rings is 1. The van der Waals surface area contributed by atoms with Crippen molar-refractivity contribution in [3.63, 3.8) is 0 Å². The van der Waals surface area contributed by atoms with E-state index in [2.05, 4.69) is 5.32 Å². The number of alkyl halides is 3. The van der Waals surface area contributed by atoms with E-state index in [1.54, 1.807) is 18.2 Å². The van der Waals surface area contributed by atoms with E-state index >= 15 is 0 Å². The summed E-state index contributed by atoms with van der Waals surface area (Å²) in [6, 6.07) is 4.20. The molecule has 8 heteroatoms. The van der Waals surface area contributed by atoms with Gasteiger partial charge in [0.05, 0.1) is 20.6 Å². The zero-order chi connectivity index (χ0) is 16.2. The number of hydrogen-bond donors (Lipinski definition) is 1. The van der Waals surface area contributed by atoms with Crippen LogP contribution in [-0.2, 0) is 0 Å². The number of halogens is 4. The average molecular weight is 355 g/mol. The number of nitrogens with one attached hydrogen (secondary N) is 1. The Hall–Kier alpha value is -1.18. The van der Waals surface area contributed by atoms with Crippen LogP contribution in [-0.4, -0.2) is 51.5 Å².